The number of nitrogens with zero attached hydrogens (tertiary/aromatic N) is 1. The summed E-state index contributed by atoms with van der Waals surface area (Å²) in [5.41, 5.74) is 1.72. The molecule has 0 radical (unpaired) electrons. The molecular formula is C21H31F3N2O. The molecule has 0 unspecified atom stereocenters. The predicted molar refractivity (Wildman–Crippen MR) is 104 cm³/mol. The minimum atomic E-state index is -4.40. The van der Waals surface area contributed by atoms with Crippen LogP contribution >= 0.6 is 0 Å². The van der Waals surface area contributed by atoms with Crippen LogP contribution in [0.3, 0.4) is 0 Å². The fraction of sp³-hybridized carbons (Fsp3) is 0.619. The summed E-state index contributed by atoms with van der Waals surface area (Å²) in [5, 5.41) is 3.85. The van der Waals surface area contributed by atoms with Gasteiger partial charge in [-0.15, -0.1) is 0 Å². The van der Waals surface area contributed by atoms with Gasteiger partial charge < -0.3 is 0 Å². The Balaban J connectivity index is 2.07. The van der Waals surface area contributed by atoms with Crippen LogP contribution in [-0.4, -0.2) is 12.1 Å². The van der Waals surface area contributed by atoms with Gasteiger partial charge in [-0.2, -0.15) is 18.3 Å². The molecule has 6 heteroatoms. The molecule has 1 N–H and O–H groups in total. The van der Waals surface area contributed by atoms with E-state index in [2.05, 4.69) is 17.5 Å². The standard InChI is InChI=1S/C21H31F3N2O/c1-2-3-4-5-6-7-8-9-10-11-12-17-25-26-20(27)18-13-15-19(16-14-18)21(22,23)24/h13-17H,2-12H2,1H3,(H,26,27)/b25-17+. The Morgan fingerprint density at radius 3 is 1.96 bits per heavy atom. The van der Waals surface area contributed by atoms with E-state index in [4.69, 9.17) is 0 Å². The summed E-state index contributed by atoms with van der Waals surface area (Å²) in [5.74, 6) is -0.511. The summed E-state index contributed by atoms with van der Waals surface area (Å²) in [6, 6.07) is 4.08. The van der Waals surface area contributed by atoms with Gasteiger partial charge in [0, 0.05) is 11.8 Å². The molecule has 0 aliphatic rings. The number of carbonyl (C=O) groups is 1. The molecule has 0 heterocycles. The number of nitrogens with one attached hydrogen (secondary N) is 1. The number of benzene rings is 1. The molecule has 0 aliphatic heterocycles. The van der Waals surface area contributed by atoms with E-state index >= 15 is 0 Å². The fourth-order valence-corrected chi connectivity index (χ4v) is 2.77. The van der Waals surface area contributed by atoms with Gasteiger partial charge in [0.2, 0.25) is 0 Å². The first kappa shape index (κ1) is 23.2. The molecule has 0 aliphatic carbocycles. The van der Waals surface area contributed by atoms with Crippen molar-refractivity contribution in [3.05, 3.63) is 35.4 Å². The molecule has 0 aromatic heterocycles. The third-order valence-electron chi connectivity index (χ3n) is 4.42. The van der Waals surface area contributed by atoms with Crippen LogP contribution in [0.5, 0.6) is 0 Å². The topological polar surface area (TPSA) is 41.5 Å². The van der Waals surface area contributed by atoms with E-state index in [1.165, 1.54) is 51.4 Å². The third-order valence-corrected chi connectivity index (χ3v) is 4.42. The summed E-state index contributed by atoms with van der Waals surface area (Å²) in [4.78, 5) is 11.8. The average molecular weight is 384 g/mol. The van der Waals surface area contributed by atoms with Gasteiger partial charge in [-0.1, -0.05) is 64.7 Å². The maximum Gasteiger partial charge on any atom is 0.416 e. The first-order chi connectivity index (χ1) is 12.9. The Morgan fingerprint density at radius 1 is 0.926 bits per heavy atom. The van der Waals surface area contributed by atoms with Crippen LogP contribution in [0, 0.1) is 0 Å². The fourth-order valence-electron chi connectivity index (χ4n) is 2.77. The lowest BCUT2D eigenvalue weighted by Crippen LogP contribution is -2.17. The van der Waals surface area contributed by atoms with Gasteiger partial charge >= 0.3 is 6.18 Å². The first-order valence-electron chi connectivity index (χ1n) is 9.94. The SMILES string of the molecule is CCCCCCCCCCCC/C=N/NC(=O)c1ccc(C(F)(F)F)cc1. The van der Waals surface area contributed by atoms with Gasteiger partial charge in [0.15, 0.2) is 0 Å². The van der Waals surface area contributed by atoms with Crippen molar-refractivity contribution < 1.29 is 18.0 Å². The summed E-state index contributed by atoms with van der Waals surface area (Å²) >= 11 is 0. The monoisotopic (exact) mass is 384 g/mol. The number of carbonyl (C=O) groups excluding carboxylic acids is 1. The number of halogens is 3. The maximum absolute atomic E-state index is 12.5. The van der Waals surface area contributed by atoms with E-state index in [0.29, 0.717) is 0 Å². The molecule has 27 heavy (non-hydrogen) atoms. The van der Waals surface area contributed by atoms with E-state index in [0.717, 1.165) is 43.5 Å². The molecule has 0 saturated heterocycles. The van der Waals surface area contributed by atoms with Gasteiger partial charge in [0.05, 0.1) is 5.56 Å². The highest BCUT2D eigenvalue weighted by Gasteiger charge is 2.30. The van der Waals surface area contributed by atoms with Crippen LogP contribution in [0.1, 0.15) is 93.5 Å². The van der Waals surface area contributed by atoms with Crippen molar-refractivity contribution in [2.75, 3.05) is 0 Å². The van der Waals surface area contributed by atoms with Crippen molar-refractivity contribution in [1.82, 2.24) is 5.43 Å². The van der Waals surface area contributed by atoms with E-state index in [-0.39, 0.29) is 5.56 Å². The van der Waals surface area contributed by atoms with Crippen LogP contribution in [-0.2, 0) is 6.18 Å². The molecule has 1 aromatic rings. The quantitative estimate of drug-likeness (QED) is 0.229. The Morgan fingerprint density at radius 2 is 1.44 bits per heavy atom. The van der Waals surface area contributed by atoms with Gasteiger partial charge in [-0.25, -0.2) is 5.43 Å². The molecular weight excluding hydrogens is 353 g/mol. The van der Waals surface area contributed by atoms with Crippen LogP contribution in [0.15, 0.2) is 29.4 Å². The minimum Gasteiger partial charge on any atom is -0.267 e. The Kier molecular flexibility index (Phi) is 11.5. The van der Waals surface area contributed by atoms with Crippen LogP contribution in [0.2, 0.25) is 0 Å². The second kappa shape index (κ2) is 13.3. The molecule has 1 aromatic carbocycles. The number of hydrogen-bond acceptors (Lipinski definition) is 2. The third kappa shape index (κ3) is 10.8. The zero-order valence-corrected chi connectivity index (χ0v) is 16.2. The lowest BCUT2D eigenvalue weighted by Gasteiger charge is -2.06. The summed E-state index contributed by atoms with van der Waals surface area (Å²) in [7, 11) is 0. The van der Waals surface area contributed by atoms with E-state index in [9.17, 15) is 18.0 Å². The molecule has 0 fully saturated rings. The van der Waals surface area contributed by atoms with E-state index in [1.807, 2.05) is 0 Å². The molecule has 1 amide bonds. The van der Waals surface area contributed by atoms with Crippen LogP contribution in [0.25, 0.3) is 0 Å². The summed E-state index contributed by atoms with van der Waals surface area (Å²) in [6.07, 6.45) is 10.7. The zero-order chi connectivity index (χ0) is 20.0. The first-order valence-corrected chi connectivity index (χ1v) is 9.94. The lowest BCUT2D eigenvalue weighted by molar-refractivity contribution is -0.137. The molecule has 0 saturated carbocycles. The Labute approximate surface area is 160 Å². The summed E-state index contributed by atoms with van der Waals surface area (Å²) < 4.78 is 37.4. The smallest absolute Gasteiger partial charge is 0.267 e. The summed E-state index contributed by atoms with van der Waals surface area (Å²) in [6.45, 7) is 2.23. The van der Waals surface area contributed by atoms with Crippen molar-refractivity contribution in [2.45, 2.75) is 83.7 Å². The van der Waals surface area contributed by atoms with Crippen molar-refractivity contribution >= 4 is 12.1 Å². The molecule has 0 bridgehead atoms. The maximum atomic E-state index is 12.5. The highest BCUT2D eigenvalue weighted by molar-refractivity contribution is 5.94. The van der Waals surface area contributed by atoms with Gasteiger partial charge in [-0.3, -0.25) is 4.79 Å². The number of alkyl halides is 3. The molecule has 1 rings (SSSR count). The largest absolute Gasteiger partial charge is 0.416 e. The Bertz CT molecular complexity index is 554. The van der Waals surface area contributed by atoms with E-state index < -0.39 is 17.6 Å². The van der Waals surface area contributed by atoms with Crippen molar-refractivity contribution in [1.29, 1.82) is 0 Å². The van der Waals surface area contributed by atoms with Crippen molar-refractivity contribution in [3.8, 4) is 0 Å². The lowest BCUT2D eigenvalue weighted by atomic mass is 10.1. The van der Waals surface area contributed by atoms with Gasteiger partial charge in [-0.05, 0) is 37.1 Å². The number of hydrogen-bond donors (Lipinski definition) is 1. The van der Waals surface area contributed by atoms with Gasteiger partial charge in [0.1, 0.15) is 0 Å². The molecule has 3 nitrogen and oxygen atoms in total. The van der Waals surface area contributed by atoms with Crippen molar-refractivity contribution in [3.63, 3.8) is 0 Å². The molecule has 0 atom stereocenters. The second-order valence-electron chi connectivity index (χ2n) is 6.80. The predicted octanol–water partition coefficient (Wildman–Crippen LogP) is 6.73. The molecule has 0 spiro atoms. The van der Waals surface area contributed by atoms with E-state index in [1.54, 1.807) is 6.21 Å². The van der Waals surface area contributed by atoms with Crippen LogP contribution in [0.4, 0.5) is 13.2 Å². The van der Waals surface area contributed by atoms with Crippen molar-refractivity contribution in [2.24, 2.45) is 5.10 Å². The second-order valence-corrected chi connectivity index (χ2v) is 6.80. The molecule has 152 valence electrons. The highest BCUT2D eigenvalue weighted by Crippen LogP contribution is 2.29. The Hall–Kier alpha value is -1.85. The number of rotatable bonds is 13. The number of amides is 1. The van der Waals surface area contributed by atoms with Gasteiger partial charge in [0.25, 0.3) is 5.91 Å². The average Bonchev–Trinajstić information content (AvgIpc) is 2.64. The number of hydrazone groups is 1. The normalized spacial score (nSPS) is 11.9. The minimum absolute atomic E-state index is 0.152. The van der Waals surface area contributed by atoms with Crippen LogP contribution < -0.4 is 5.43 Å². The zero-order valence-electron chi connectivity index (χ0n) is 16.2. The highest BCUT2D eigenvalue weighted by atomic mass is 19.4. The number of unbranched alkanes of at least 4 members (excludes halogenated alkanes) is 10.